The molecule has 3 aromatic rings. The largest absolute Gasteiger partial charge is 0.497 e. The second-order valence-electron chi connectivity index (χ2n) is 6.08. The highest BCUT2D eigenvalue weighted by Crippen LogP contribution is 2.33. The number of aromatic nitrogens is 2. The minimum Gasteiger partial charge on any atom is -0.497 e. The van der Waals surface area contributed by atoms with Crippen molar-refractivity contribution in [2.75, 3.05) is 52.2 Å². The van der Waals surface area contributed by atoms with Gasteiger partial charge in [0.15, 0.2) is 11.5 Å². The van der Waals surface area contributed by atoms with Crippen LogP contribution in [0.15, 0.2) is 36.4 Å². The molecule has 8 heteroatoms. The predicted octanol–water partition coefficient (Wildman–Crippen LogP) is 2.75. The molecule has 148 valence electrons. The molecule has 0 atom stereocenters. The number of nitrogens with zero attached hydrogens (tertiary/aromatic N) is 3. The van der Waals surface area contributed by atoms with E-state index in [1.165, 1.54) is 0 Å². The van der Waals surface area contributed by atoms with Gasteiger partial charge in [0.2, 0.25) is 5.95 Å². The monoisotopic (exact) mass is 384 g/mol. The molecule has 3 rings (SSSR count). The van der Waals surface area contributed by atoms with Crippen LogP contribution in [0.5, 0.6) is 23.0 Å². The van der Waals surface area contributed by atoms with Crippen LogP contribution in [-0.4, -0.2) is 51.5 Å². The average Bonchev–Trinajstić information content (AvgIpc) is 2.73. The Labute approximate surface area is 163 Å². The lowest BCUT2D eigenvalue weighted by Gasteiger charge is -2.19. The van der Waals surface area contributed by atoms with Gasteiger partial charge in [-0.1, -0.05) is 0 Å². The van der Waals surface area contributed by atoms with E-state index in [9.17, 15) is 0 Å². The van der Waals surface area contributed by atoms with Crippen LogP contribution in [0.2, 0.25) is 0 Å². The molecule has 1 aromatic heterocycles. The summed E-state index contributed by atoms with van der Waals surface area (Å²) in [6.07, 6.45) is 0. The summed E-state index contributed by atoms with van der Waals surface area (Å²) in [5.41, 5.74) is 6.82. The zero-order chi connectivity index (χ0) is 20.1. The van der Waals surface area contributed by atoms with Crippen molar-refractivity contribution < 1.29 is 18.9 Å². The highest BCUT2D eigenvalue weighted by atomic mass is 16.5. The van der Waals surface area contributed by atoms with Gasteiger partial charge in [0.05, 0.1) is 33.4 Å². The number of fused-ring (bicyclic) bond motifs is 1. The molecule has 0 aliphatic rings. The molecule has 0 saturated carbocycles. The number of likely N-dealkylation sites (N-methyl/N-ethyl adjacent to an activating group) is 1. The number of hydrogen-bond donors (Lipinski definition) is 1. The third-order valence-corrected chi connectivity index (χ3v) is 4.32. The summed E-state index contributed by atoms with van der Waals surface area (Å²) in [5, 5.41) is 0.712. The standard InChI is InChI=1S/C20H24N4O4/c1-24(9-10-28-14-7-5-13(25-2)6-8-14)20-22-16-12-18(27-4)17(26-3)11-15(16)19(21)23-20/h5-8,11-12H,9-10H2,1-4H3,(H2,21,22,23). The van der Waals surface area contributed by atoms with Gasteiger partial charge < -0.3 is 29.6 Å². The minimum atomic E-state index is 0.379. The maximum atomic E-state index is 6.14. The van der Waals surface area contributed by atoms with Gasteiger partial charge in [-0.2, -0.15) is 4.98 Å². The first-order valence-electron chi connectivity index (χ1n) is 8.73. The van der Waals surface area contributed by atoms with Crippen molar-refractivity contribution in [3.8, 4) is 23.0 Å². The van der Waals surface area contributed by atoms with Crippen LogP contribution in [0.3, 0.4) is 0 Å². The minimum absolute atomic E-state index is 0.379. The molecule has 2 N–H and O–H groups in total. The van der Waals surface area contributed by atoms with Crippen molar-refractivity contribution in [2.24, 2.45) is 0 Å². The summed E-state index contributed by atoms with van der Waals surface area (Å²) >= 11 is 0. The number of nitrogens with two attached hydrogens (primary N) is 1. The maximum Gasteiger partial charge on any atom is 0.227 e. The molecule has 1 heterocycles. The topological polar surface area (TPSA) is 92.0 Å². The van der Waals surface area contributed by atoms with E-state index in [-0.39, 0.29) is 0 Å². The van der Waals surface area contributed by atoms with Crippen molar-refractivity contribution >= 4 is 22.7 Å². The summed E-state index contributed by atoms with van der Waals surface area (Å²) in [6.45, 7) is 1.06. The van der Waals surface area contributed by atoms with Gasteiger partial charge in [-0.05, 0) is 30.3 Å². The van der Waals surface area contributed by atoms with Crippen LogP contribution in [0.25, 0.3) is 10.9 Å². The Morgan fingerprint density at radius 1 is 0.893 bits per heavy atom. The van der Waals surface area contributed by atoms with E-state index in [1.807, 2.05) is 36.2 Å². The first kappa shape index (κ1) is 19.3. The van der Waals surface area contributed by atoms with E-state index < -0.39 is 0 Å². The van der Waals surface area contributed by atoms with Crippen molar-refractivity contribution in [2.45, 2.75) is 0 Å². The summed E-state index contributed by atoms with van der Waals surface area (Å²) in [5.74, 6) is 3.62. The molecular formula is C20H24N4O4. The fraction of sp³-hybridized carbons (Fsp3) is 0.300. The normalized spacial score (nSPS) is 10.6. The number of benzene rings is 2. The number of nitrogen functional groups attached to an aromatic ring is 1. The van der Waals surface area contributed by atoms with E-state index >= 15 is 0 Å². The Kier molecular flexibility index (Phi) is 5.88. The van der Waals surface area contributed by atoms with E-state index in [1.54, 1.807) is 33.5 Å². The lowest BCUT2D eigenvalue weighted by molar-refractivity contribution is 0.324. The van der Waals surface area contributed by atoms with Gasteiger partial charge in [0.1, 0.15) is 23.9 Å². The van der Waals surface area contributed by atoms with Gasteiger partial charge in [-0.25, -0.2) is 4.98 Å². The van der Waals surface area contributed by atoms with Crippen LogP contribution in [0.4, 0.5) is 11.8 Å². The molecule has 0 bridgehead atoms. The van der Waals surface area contributed by atoms with Crippen LogP contribution >= 0.6 is 0 Å². The molecule has 0 unspecified atom stereocenters. The van der Waals surface area contributed by atoms with Crippen LogP contribution in [0.1, 0.15) is 0 Å². The maximum absolute atomic E-state index is 6.14. The average molecular weight is 384 g/mol. The molecule has 0 radical (unpaired) electrons. The molecule has 0 fully saturated rings. The Morgan fingerprint density at radius 3 is 2.18 bits per heavy atom. The highest BCUT2D eigenvalue weighted by molar-refractivity contribution is 5.91. The Balaban J connectivity index is 1.72. The predicted molar refractivity (Wildman–Crippen MR) is 109 cm³/mol. The zero-order valence-electron chi connectivity index (χ0n) is 16.4. The zero-order valence-corrected chi connectivity index (χ0v) is 16.4. The van der Waals surface area contributed by atoms with E-state index in [4.69, 9.17) is 24.7 Å². The Morgan fingerprint density at radius 2 is 1.54 bits per heavy atom. The third kappa shape index (κ3) is 4.11. The number of methoxy groups -OCH3 is 3. The first-order chi connectivity index (χ1) is 13.5. The fourth-order valence-corrected chi connectivity index (χ4v) is 2.71. The Hall–Kier alpha value is -3.42. The molecule has 28 heavy (non-hydrogen) atoms. The van der Waals surface area contributed by atoms with Gasteiger partial charge in [0, 0.05) is 18.5 Å². The fourth-order valence-electron chi connectivity index (χ4n) is 2.71. The van der Waals surface area contributed by atoms with Gasteiger partial charge >= 0.3 is 0 Å². The molecule has 0 saturated heterocycles. The van der Waals surface area contributed by atoms with E-state index in [0.29, 0.717) is 47.3 Å². The van der Waals surface area contributed by atoms with Gasteiger partial charge in [0.25, 0.3) is 0 Å². The van der Waals surface area contributed by atoms with Gasteiger partial charge in [-0.3, -0.25) is 0 Å². The lowest BCUT2D eigenvalue weighted by atomic mass is 10.2. The SMILES string of the molecule is COc1ccc(OCCN(C)c2nc(N)c3cc(OC)c(OC)cc3n2)cc1. The van der Waals surface area contributed by atoms with Crippen molar-refractivity contribution in [3.05, 3.63) is 36.4 Å². The van der Waals surface area contributed by atoms with Crippen molar-refractivity contribution in [1.29, 1.82) is 0 Å². The van der Waals surface area contributed by atoms with E-state index in [0.717, 1.165) is 11.5 Å². The van der Waals surface area contributed by atoms with Crippen LogP contribution < -0.4 is 29.6 Å². The van der Waals surface area contributed by atoms with E-state index in [2.05, 4.69) is 9.97 Å². The molecule has 0 aliphatic carbocycles. The summed E-state index contributed by atoms with van der Waals surface area (Å²) in [7, 11) is 6.67. The Bertz CT molecular complexity index is 947. The summed E-state index contributed by atoms with van der Waals surface area (Å²) < 4.78 is 21.6. The first-order valence-corrected chi connectivity index (χ1v) is 8.73. The summed E-state index contributed by atoms with van der Waals surface area (Å²) in [4.78, 5) is 10.9. The number of anilines is 2. The second-order valence-corrected chi connectivity index (χ2v) is 6.08. The van der Waals surface area contributed by atoms with Gasteiger partial charge in [-0.15, -0.1) is 0 Å². The number of ether oxygens (including phenoxy) is 4. The smallest absolute Gasteiger partial charge is 0.227 e. The molecule has 2 aromatic carbocycles. The molecule has 0 amide bonds. The third-order valence-electron chi connectivity index (χ3n) is 4.32. The quantitative estimate of drug-likeness (QED) is 0.634. The second kappa shape index (κ2) is 8.51. The number of rotatable bonds is 8. The van der Waals surface area contributed by atoms with Crippen LogP contribution in [-0.2, 0) is 0 Å². The molecule has 8 nitrogen and oxygen atoms in total. The molecule has 0 spiro atoms. The molecular weight excluding hydrogens is 360 g/mol. The molecule has 0 aliphatic heterocycles. The summed E-state index contributed by atoms with van der Waals surface area (Å²) in [6, 6.07) is 11.0. The van der Waals surface area contributed by atoms with Crippen molar-refractivity contribution in [1.82, 2.24) is 9.97 Å². The van der Waals surface area contributed by atoms with Crippen molar-refractivity contribution in [3.63, 3.8) is 0 Å². The van der Waals surface area contributed by atoms with Crippen LogP contribution in [0, 0.1) is 0 Å². The number of hydrogen-bond acceptors (Lipinski definition) is 8. The highest BCUT2D eigenvalue weighted by Gasteiger charge is 2.13. The lowest BCUT2D eigenvalue weighted by Crippen LogP contribution is -2.26.